The summed E-state index contributed by atoms with van der Waals surface area (Å²) in [6, 6.07) is 0.824. The summed E-state index contributed by atoms with van der Waals surface area (Å²) in [5, 5.41) is 0. The highest BCUT2D eigenvalue weighted by Crippen LogP contribution is 2.19. The van der Waals surface area contributed by atoms with Crippen molar-refractivity contribution in [3.05, 3.63) is 0 Å². The van der Waals surface area contributed by atoms with E-state index in [1.165, 1.54) is 13.0 Å². The number of hydrogen-bond donors (Lipinski definition) is 0. The quantitative estimate of drug-likeness (QED) is 0.563. The topological polar surface area (TPSA) is 3.24 Å². The van der Waals surface area contributed by atoms with Crippen molar-refractivity contribution in [3.63, 3.8) is 0 Å². The predicted octanol–water partition coefficient (Wildman–Crippen LogP) is 4.43. The van der Waals surface area contributed by atoms with Gasteiger partial charge in [-0.1, -0.05) is 48.5 Å². The van der Waals surface area contributed by atoms with Gasteiger partial charge in [0, 0.05) is 12.6 Å². The van der Waals surface area contributed by atoms with Gasteiger partial charge in [0.2, 0.25) is 0 Å². The molecule has 0 saturated carbocycles. The first-order chi connectivity index (χ1) is 6.70. The third-order valence-electron chi connectivity index (χ3n) is 2.10. The second-order valence-electron chi connectivity index (χ2n) is 3.13. The molecular formula is C13H33N. The Labute approximate surface area is 92.9 Å². The van der Waals surface area contributed by atoms with Crippen LogP contribution in [-0.2, 0) is 0 Å². The zero-order chi connectivity index (χ0) is 12.1. The van der Waals surface area contributed by atoms with Crippen LogP contribution in [0, 0.1) is 5.92 Å². The minimum Gasteiger partial charge on any atom is -0.303 e. The van der Waals surface area contributed by atoms with E-state index in [4.69, 9.17) is 0 Å². The fraction of sp³-hybridized carbons (Fsp3) is 1.00. The Morgan fingerprint density at radius 3 is 1.29 bits per heavy atom. The van der Waals surface area contributed by atoms with Gasteiger partial charge in [-0.2, -0.15) is 0 Å². The lowest BCUT2D eigenvalue weighted by molar-refractivity contribution is 0.327. The minimum absolute atomic E-state index is 0.824. The second kappa shape index (κ2) is 15.4. The molecule has 1 heterocycles. The van der Waals surface area contributed by atoms with Gasteiger partial charge < -0.3 is 4.90 Å². The van der Waals surface area contributed by atoms with Crippen molar-refractivity contribution in [1.82, 2.24) is 4.90 Å². The van der Waals surface area contributed by atoms with Gasteiger partial charge in [-0.25, -0.2) is 0 Å². The molecule has 0 aromatic rings. The fourth-order valence-electron chi connectivity index (χ4n) is 1.51. The summed E-state index contributed by atoms with van der Waals surface area (Å²) in [7, 11) is 2.20. The summed E-state index contributed by atoms with van der Waals surface area (Å²) >= 11 is 0. The van der Waals surface area contributed by atoms with E-state index in [9.17, 15) is 0 Å². The summed E-state index contributed by atoms with van der Waals surface area (Å²) in [5.41, 5.74) is 0. The van der Waals surface area contributed by atoms with Crippen LogP contribution in [0.5, 0.6) is 0 Å². The normalized spacial score (nSPS) is 24.6. The summed E-state index contributed by atoms with van der Waals surface area (Å²) in [4.78, 5) is 2.42. The van der Waals surface area contributed by atoms with Crippen LogP contribution in [0.2, 0.25) is 0 Å². The van der Waals surface area contributed by atoms with Gasteiger partial charge in [-0.3, -0.25) is 0 Å². The first kappa shape index (κ1) is 19.5. The highest BCUT2D eigenvalue weighted by Gasteiger charge is 2.21. The Kier molecular flexibility index (Phi) is 21.5. The second-order valence-corrected chi connectivity index (χ2v) is 3.13. The van der Waals surface area contributed by atoms with Crippen LogP contribution in [0.4, 0.5) is 0 Å². The molecule has 1 heteroatoms. The van der Waals surface area contributed by atoms with Gasteiger partial charge in [0.25, 0.3) is 0 Å². The Bertz CT molecular complexity index is 71.3. The van der Waals surface area contributed by atoms with Crippen LogP contribution in [0.3, 0.4) is 0 Å². The fourth-order valence-corrected chi connectivity index (χ4v) is 1.51. The molecule has 1 rings (SSSR count). The summed E-state index contributed by atoms with van der Waals surface area (Å²) in [6.07, 6.45) is 1.39. The molecule has 2 atom stereocenters. The highest BCUT2D eigenvalue weighted by molar-refractivity contribution is 4.76. The zero-order valence-electron chi connectivity index (χ0n) is 12.0. The number of likely N-dealkylation sites (tertiary alicyclic amines) is 1. The predicted molar refractivity (Wildman–Crippen MR) is 69.9 cm³/mol. The van der Waals surface area contributed by atoms with E-state index >= 15 is 0 Å². The van der Waals surface area contributed by atoms with Crippen molar-refractivity contribution in [1.29, 1.82) is 0 Å². The van der Waals surface area contributed by atoms with Gasteiger partial charge in [-0.15, -0.1) is 0 Å². The van der Waals surface area contributed by atoms with E-state index in [1.54, 1.807) is 0 Å². The maximum atomic E-state index is 2.42. The summed E-state index contributed by atoms with van der Waals surface area (Å²) < 4.78 is 0. The zero-order valence-corrected chi connectivity index (χ0v) is 12.0. The Morgan fingerprint density at radius 2 is 1.21 bits per heavy atom. The monoisotopic (exact) mass is 203 g/mol. The molecule has 1 saturated heterocycles. The van der Waals surface area contributed by atoms with Gasteiger partial charge in [-0.05, 0) is 26.3 Å². The number of rotatable bonds is 0. The van der Waals surface area contributed by atoms with E-state index < -0.39 is 0 Å². The lowest BCUT2D eigenvalue weighted by Gasteiger charge is -2.12. The average molecular weight is 203 g/mol. The maximum Gasteiger partial charge on any atom is 0.00670 e. The SMILES string of the molecule is CC.CC.CC.CC1CC(C)N(C)C1. The molecular weight excluding hydrogens is 170 g/mol. The first-order valence-electron chi connectivity index (χ1n) is 6.40. The largest absolute Gasteiger partial charge is 0.303 e. The van der Waals surface area contributed by atoms with Crippen LogP contribution >= 0.6 is 0 Å². The van der Waals surface area contributed by atoms with E-state index in [2.05, 4.69) is 25.8 Å². The van der Waals surface area contributed by atoms with E-state index in [0.29, 0.717) is 0 Å². The maximum absolute atomic E-state index is 2.42. The average Bonchev–Trinajstić information content (AvgIpc) is 2.53. The van der Waals surface area contributed by atoms with Crippen molar-refractivity contribution in [3.8, 4) is 0 Å². The third-order valence-corrected chi connectivity index (χ3v) is 2.10. The molecule has 90 valence electrons. The van der Waals surface area contributed by atoms with Crippen molar-refractivity contribution < 1.29 is 0 Å². The van der Waals surface area contributed by atoms with E-state index in [-0.39, 0.29) is 0 Å². The van der Waals surface area contributed by atoms with Gasteiger partial charge in [0.05, 0.1) is 0 Å². The van der Waals surface area contributed by atoms with Crippen LogP contribution < -0.4 is 0 Å². The first-order valence-corrected chi connectivity index (χ1v) is 6.40. The Morgan fingerprint density at radius 1 is 0.857 bits per heavy atom. The van der Waals surface area contributed by atoms with Gasteiger partial charge >= 0.3 is 0 Å². The minimum atomic E-state index is 0.824. The molecule has 0 aliphatic carbocycles. The Balaban J connectivity index is -0.000000174. The van der Waals surface area contributed by atoms with Gasteiger partial charge in [0.1, 0.15) is 0 Å². The molecule has 0 radical (unpaired) electrons. The molecule has 1 aliphatic heterocycles. The lowest BCUT2D eigenvalue weighted by Crippen LogP contribution is -2.21. The van der Waals surface area contributed by atoms with Crippen LogP contribution in [-0.4, -0.2) is 24.5 Å². The molecule has 0 aromatic carbocycles. The smallest absolute Gasteiger partial charge is 0.00670 e. The number of nitrogens with zero attached hydrogens (tertiary/aromatic N) is 1. The molecule has 1 fully saturated rings. The molecule has 2 unspecified atom stereocenters. The standard InChI is InChI=1S/C7H15N.3C2H6/c1-6-4-7(2)8(3)5-6;3*1-2/h6-7H,4-5H2,1-3H3;3*1-2H3. The van der Waals surface area contributed by atoms with Crippen molar-refractivity contribution in [2.75, 3.05) is 13.6 Å². The molecule has 0 bridgehead atoms. The van der Waals surface area contributed by atoms with Gasteiger partial charge in [0.15, 0.2) is 0 Å². The van der Waals surface area contributed by atoms with E-state index in [1.807, 2.05) is 41.5 Å². The third kappa shape index (κ3) is 10.0. The van der Waals surface area contributed by atoms with Crippen molar-refractivity contribution >= 4 is 0 Å². The van der Waals surface area contributed by atoms with Crippen LogP contribution in [0.1, 0.15) is 61.8 Å². The summed E-state index contributed by atoms with van der Waals surface area (Å²) in [6.45, 7) is 17.9. The Hall–Kier alpha value is -0.0400. The van der Waals surface area contributed by atoms with Crippen molar-refractivity contribution in [2.24, 2.45) is 5.92 Å². The molecule has 1 nitrogen and oxygen atoms in total. The lowest BCUT2D eigenvalue weighted by atomic mass is 10.1. The van der Waals surface area contributed by atoms with E-state index in [0.717, 1.165) is 12.0 Å². The number of hydrogen-bond acceptors (Lipinski definition) is 1. The molecule has 0 spiro atoms. The highest BCUT2D eigenvalue weighted by atomic mass is 15.1. The van der Waals surface area contributed by atoms with Crippen LogP contribution in [0.25, 0.3) is 0 Å². The molecule has 14 heavy (non-hydrogen) atoms. The molecule has 0 N–H and O–H groups in total. The molecule has 1 aliphatic rings. The van der Waals surface area contributed by atoms with Crippen LogP contribution in [0.15, 0.2) is 0 Å². The molecule has 0 aromatic heterocycles. The summed E-state index contributed by atoms with van der Waals surface area (Å²) in [5.74, 6) is 0.926. The van der Waals surface area contributed by atoms with Crippen molar-refractivity contribution in [2.45, 2.75) is 67.9 Å². The molecule has 0 amide bonds.